The number of piperidine rings is 1. The number of halogens is 2. The second-order valence-electron chi connectivity index (χ2n) is 7.01. The van der Waals surface area contributed by atoms with Crippen LogP contribution in [0.4, 0.5) is 10.1 Å². The molecule has 0 bridgehead atoms. The van der Waals surface area contributed by atoms with Crippen LogP contribution in [0.3, 0.4) is 0 Å². The van der Waals surface area contributed by atoms with Gasteiger partial charge >= 0.3 is 11.8 Å². The molecule has 1 saturated heterocycles. The maximum absolute atomic E-state index is 13.4. The summed E-state index contributed by atoms with van der Waals surface area (Å²) >= 11 is 5.61. The Bertz CT molecular complexity index is 656. The molecule has 1 aromatic carbocycles. The van der Waals surface area contributed by atoms with Crippen LogP contribution >= 0.6 is 11.6 Å². The zero-order valence-electron chi connectivity index (χ0n) is 14.0. The highest BCUT2D eigenvalue weighted by Gasteiger charge is 2.37. The fraction of sp³-hybridized carbons (Fsp3) is 0.556. The number of nitrogens with one attached hydrogen (secondary N) is 3. The first-order valence-electron chi connectivity index (χ1n) is 8.79. The molecule has 1 aromatic rings. The number of rotatable bonds is 2. The minimum absolute atomic E-state index is 0.0143. The first-order valence-corrected chi connectivity index (χ1v) is 9.17. The van der Waals surface area contributed by atoms with E-state index >= 15 is 0 Å². The summed E-state index contributed by atoms with van der Waals surface area (Å²) in [5.74, 6) is -2.12. The van der Waals surface area contributed by atoms with Gasteiger partial charge in [-0.15, -0.1) is 0 Å². The Morgan fingerprint density at radius 3 is 2.68 bits per heavy atom. The smallest absolute Gasteiger partial charge is 0.313 e. The lowest BCUT2D eigenvalue weighted by molar-refractivity contribution is -0.136. The molecule has 5 nitrogen and oxygen atoms in total. The van der Waals surface area contributed by atoms with E-state index in [0.717, 1.165) is 38.3 Å². The van der Waals surface area contributed by atoms with Gasteiger partial charge in [-0.25, -0.2) is 4.39 Å². The first-order chi connectivity index (χ1) is 12.0. The molecular formula is C18H23ClFN3O2. The van der Waals surface area contributed by atoms with E-state index < -0.39 is 17.6 Å². The molecule has 2 aliphatic rings. The molecule has 1 saturated carbocycles. The number of anilines is 1. The topological polar surface area (TPSA) is 70.2 Å². The first kappa shape index (κ1) is 18.1. The SMILES string of the molecule is O=C(Nc1ccc(Cl)c(F)c1)C(=O)NC1CCNC2(CCCCC2)C1. The predicted octanol–water partition coefficient (Wildman–Crippen LogP) is 2.99. The summed E-state index contributed by atoms with van der Waals surface area (Å²) in [7, 11) is 0. The zero-order valence-corrected chi connectivity index (χ0v) is 14.8. The van der Waals surface area contributed by atoms with Crippen molar-refractivity contribution < 1.29 is 14.0 Å². The molecule has 0 aromatic heterocycles. The quantitative estimate of drug-likeness (QED) is 0.704. The molecule has 2 amide bonds. The predicted molar refractivity (Wildman–Crippen MR) is 95.0 cm³/mol. The van der Waals surface area contributed by atoms with Crippen molar-refractivity contribution in [3.05, 3.63) is 29.0 Å². The summed E-state index contributed by atoms with van der Waals surface area (Å²) in [6.45, 7) is 0.842. The molecule has 1 aliphatic heterocycles. The lowest BCUT2D eigenvalue weighted by Crippen LogP contribution is -2.57. The van der Waals surface area contributed by atoms with Gasteiger partial charge in [0.1, 0.15) is 5.82 Å². The molecule has 136 valence electrons. The number of hydrogen-bond acceptors (Lipinski definition) is 3. The Labute approximate surface area is 151 Å². The van der Waals surface area contributed by atoms with E-state index in [2.05, 4.69) is 16.0 Å². The highest BCUT2D eigenvalue weighted by molar-refractivity contribution is 6.39. The summed E-state index contributed by atoms with van der Waals surface area (Å²) in [4.78, 5) is 24.2. The minimum Gasteiger partial charge on any atom is -0.345 e. The molecule has 1 unspecified atom stereocenters. The monoisotopic (exact) mass is 367 g/mol. The summed E-state index contributed by atoms with van der Waals surface area (Å²) in [6.07, 6.45) is 7.57. The van der Waals surface area contributed by atoms with Gasteiger partial charge in [0.2, 0.25) is 0 Å². The number of carbonyl (C=O) groups excluding carboxylic acids is 2. The van der Waals surface area contributed by atoms with E-state index in [9.17, 15) is 14.0 Å². The maximum Gasteiger partial charge on any atom is 0.313 e. The summed E-state index contributed by atoms with van der Waals surface area (Å²) < 4.78 is 13.4. The van der Waals surface area contributed by atoms with Crippen LogP contribution in [0.25, 0.3) is 0 Å². The molecule has 1 heterocycles. The fourth-order valence-corrected chi connectivity index (χ4v) is 4.02. The van der Waals surface area contributed by atoms with Crippen LogP contribution in [-0.2, 0) is 9.59 Å². The van der Waals surface area contributed by atoms with Gasteiger partial charge in [0, 0.05) is 17.3 Å². The van der Waals surface area contributed by atoms with Crippen molar-refractivity contribution in [2.75, 3.05) is 11.9 Å². The van der Waals surface area contributed by atoms with Gasteiger partial charge in [0.05, 0.1) is 5.02 Å². The van der Waals surface area contributed by atoms with Gasteiger partial charge in [0.15, 0.2) is 0 Å². The second-order valence-corrected chi connectivity index (χ2v) is 7.42. The molecule has 3 rings (SSSR count). The number of amides is 2. The van der Waals surface area contributed by atoms with Crippen LogP contribution in [0, 0.1) is 5.82 Å². The van der Waals surface area contributed by atoms with E-state index in [1.165, 1.54) is 31.4 Å². The van der Waals surface area contributed by atoms with E-state index in [1.807, 2.05) is 0 Å². The number of carbonyl (C=O) groups is 2. The van der Waals surface area contributed by atoms with Gasteiger partial charge in [-0.3, -0.25) is 9.59 Å². The molecule has 1 aliphatic carbocycles. The maximum atomic E-state index is 13.4. The lowest BCUT2D eigenvalue weighted by Gasteiger charge is -2.44. The molecule has 1 spiro atoms. The highest BCUT2D eigenvalue weighted by Crippen LogP contribution is 2.34. The molecular weight excluding hydrogens is 345 g/mol. The Kier molecular flexibility index (Phi) is 5.59. The van der Waals surface area contributed by atoms with E-state index in [0.29, 0.717) is 0 Å². The van der Waals surface area contributed by atoms with Crippen molar-refractivity contribution in [2.45, 2.75) is 56.5 Å². The molecule has 0 radical (unpaired) electrons. The van der Waals surface area contributed by atoms with E-state index in [-0.39, 0.29) is 22.3 Å². The molecule has 7 heteroatoms. The third kappa shape index (κ3) is 4.50. The highest BCUT2D eigenvalue weighted by atomic mass is 35.5. The average Bonchev–Trinajstić information content (AvgIpc) is 2.59. The summed E-state index contributed by atoms with van der Waals surface area (Å²) in [5.41, 5.74) is 0.306. The third-order valence-corrected chi connectivity index (χ3v) is 5.47. The van der Waals surface area contributed by atoms with E-state index in [1.54, 1.807) is 0 Å². The number of hydrogen-bond donors (Lipinski definition) is 3. The lowest BCUT2D eigenvalue weighted by atomic mass is 9.75. The Balaban J connectivity index is 1.55. The standard InChI is InChI=1S/C18H23ClFN3O2/c19-14-5-4-12(10-15(14)20)22-16(24)17(25)23-13-6-9-21-18(11-13)7-2-1-3-8-18/h4-5,10,13,21H,1-3,6-9,11H2,(H,22,24)(H,23,25). The van der Waals surface area contributed by atoms with Gasteiger partial charge in [0.25, 0.3) is 0 Å². The second kappa shape index (κ2) is 7.70. The van der Waals surface area contributed by atoms with Gasteiger partial charge < -0.3 is 16.0 Å². The van der Waals surface area contributed by atoms with Crippen molar-refractivity contribution in [1.29, 1.82) is 0 Å². The van der Waals surface area contributed by atoms with Crippen LogP contribution < -0.4 is 16.0 Å². The van der Waals surface area contributed by atoms with Crippen molar-refractivity contribution in [1.82, 2.24) is 10.6 Å². The summed E-state index contributed by atoms with van der Waals surface area (Å²) in [5, 5.41) is 8.81. The zero-order chi connectivity index (χ0) is 17.9. The van der Waals surface area contributed by atoms with Crippen molar-refractivity contribution >= 4 is 29.1 Å². The minimum atomic E-state index is -0.794. The Morgan fingerprint density at radius 2 is 1.96 bits per heavy atom. The molecule has 3 N–H and O–H groups in total. The van der Waals surface area contributed by atoms with Crippen LogP contribution in [0.15, 0.2) is 18.2 Å². The molecule has 1 atom stereocenters. The van der Waals surface area contributed by atoms with Crippen LogP contribution in [0.2, 0.25) is 5.02 Å². The third-order valence-electron chi connectivity index (χ3n) is 5.16. The number of benzene rings is 1. The van der Waals surface area contributed by atoms with E-state index in [4.69, 9.17) is 11.6 Å². The average molecular weight is 368 g/mol. The van der Waals surface area contributed by atoms with Crippen LogP contribution in [0.5, 0.6) is 0 Å². The van der Waals surface area contributed by atoms with Crippen molar-refractivity contribution in [3.63, 3.8) is 0 Å². The van der Waals surface area contributed by atoms with Gasteiger partial charge in [-0.05, 0) is 50.4 Å². The largest absolute Gasteiger partial charge is 0.345 e. The fourth-order valence-electron chi connectivity index (χ4n) is 3.90. The van der Waals surface area contributed by atoms with Gasteiger partial charge in [-0.2, -0.15) is 0 Å². The van der Waals surface area contributed by atoms with Crippen molar-refractivity contribution in [2.24, 2.45) is 0 Å². The van der Waals surface area contributed by atoms with Crippen molar-refractivity contribution in [3.8, 4) is 0 Å². The normalized spacial score (nSPS) is 22.4. The Morgan fingerprint density at radius 1 is 1.20 bits per heavy atom. The van der Waals surface area contributed by atoms with Gasteiger partial charge in [-0.1, -0.05) is 30.9 Å². The molecule has 25 heavy (non-hydrogen) atoms. The Hall–Kier alpha value is -1.66. The van der Waals surface area contributed by atoms with Crippen LogP contribution in [-0.4, -0.2) is 29.9 Å². The van der Waals surface area contributed by atoms with Crippen LogP contribution in [0.1, 0.15) is 44.9 Å². The molecule has 2 fully saturated rings. The summed E-state index contributed by atoms with van der Waals surface area (Å²) in [6, 6.07) is 3.87.